The molecule has 2 aromatic rings. The van der Waals surface area contributed by atoms with Gasteiger partial charge in [-0.3, -0.25) is 0 Å². The molecular weight excluding hydrogens is 329 g/mol. The molecule has 0 aromatic heterocycles. The van der Waals surface area contributed by atoms with Crippen molar-refractivity contribution in [3.8, 4) is 5.75 Å². The van der Waals surface area contributed by atoms with Gasteiger partial charge in [0.15, 0.2) is 5.75 Å². The summed E-state index contributed by atoms with van der Waals surface area (Å²) in [6.45, 7) is 5.05. The Bertz CT molecular complexity index is 620. The zero-order valence-corrected chi connectivity index (χ0v) is 14.1. The van der Waals surface area contributed by atoms with E-state index in [-0.39, 0.29) is 0 Å². The Morgan fingerprint density at radius 1 is 1.05 bits per heavy atom. The van der Waals surface area contributed by atoms with Gasteiger partial charge in [-0.05, 0) is 49.2 Å². The van der Waals surface area contributed by atoms with Crippen LogP contribution in [0.1, 0.15) is 18.1 Å². The lowest BCUT2D eigenvalue weighted by Crippen LogP contribution is -2.02. The van der Waals surface area contributed by atoms with Crippen LogP contribution in [0.15, 0.2) is 30.3 Å². The van der Waals surface area contributed by atoms with Gasteiger partial charge in [-0.25, -0.2) is 0 Å². The molecule has 0 aliphatic carbocycles. The van der Waals surface area contributed by atoms with Crippen LogP contribution < -0.4 is 10.1 Å². The van der Waals surface area contributed by atoms with Gasteiger partial charge in [-0.2, -0.15) is 0 Å². The standard InChI is InChI=1S/C16H16Cl3NO/c1-3-21-16-13(18)6-11(7-14(16)19)9-20-15-8-12(17)5-4-10(15)2/h4-8,20H,3,9H2,1-2H3. The van der Waals surface area contributed by atoms with Crippen molar-refractivity contribution in [1.29, 1.82) is 0 Å². The summed E-state index contributed by atoms with van der Waals surface area (Å²) in [5.41, 5.74) is 3.10. The number of rotatable bonds is 5. The van der Waals surface area contributed by atoms with Crippen LogP contribution in [-0.2, 0) is 6.54 Å². The Hall–Kier alpha value is -1.09. The van der Waals surface area contributed by atoms with Crippen LogP contribution in [0.4, 0.5) is 5.69 Å². The van der Waals surface area contributed by atoms with E-state index in [1.807, 2.05) is 44.2 Å². The summed E-state index contributed by atoms with van der Waals surface area (Å²) < 4.78 is 5.42. The molecule has 0 saturated heterocycles. The van der Waals surface area contributed by atoms with Crippen molar-refractivity contribution < 1.29 is 4.74 Å². The van der Waals surface area contributed by atoms with Gasteiger partial charge in [0.1, 0.15) is 0 Å². The van der Waals surface area contributed by atoms with Crippen LogP contribution in [0.2, 0.25) is 15.1 Å². The number of hydrogen-bond donors (Lipinski definition) is 1. The maximum absolute atomic E-state index is 6.19. The second-order valence-corrected chi connectivity index (χ2v) is 5.89. The fourth-order valence-electron chi connectivity index (χ4n) is 1.98. The first-order valence-electron chi connectivity index (χ1n) is 6.62. The van der Waals surface area contributed by atoms with Crippen LogP contribution >= 0.6 is 34.8 Å². The molecule has 5 heteroatoms. The van der Waals surface area contributed by atoms with Crippen molar-refractivity contribution in [3.05, 3.63) is 56.5 Å². The minimum absolute atomic E-state index is 0.518. The minimum Gasteiger partial charge on any atom is -0.491 e. The van der Waals surface area contributed by atoms with Crippen molar-refractivity contribution in [2.24, 2.45) is 0 Å². The van der Waals surface area contributed by atoms with Crippen molar-refractivity contribution in [2.45, 2.75) is 20.4 Å². The third kappa shape index (κ3) is 4.19. The van der Waals surface area contributed by atoms with Gasteiger partial charge in [0.05, 0.1) is 16.7 Å². The molecule has 0 fully saturated rings. The Morgan fingerprint density at radius 2 is 1.71 bits per heavy atom. The maximum Gasteiger partial charge on any atom is 0.156 e. The predicted octanol–water partition coefficient (Wildman–Crippen LogP) is 5.97. The molecule has 21 heavy (non-hydrogen) atoms. The molecule has 0 spiro atoms. The highest BCUT2D eigenvalue weighted by Crippen LogP contribution is 2.34. The lowest BCUT2D eigenvalue weighted by Gasteiger charge is -2.13. The Morgan fingerprint density at radius 3 is 2.33 bits per heavy atom. The van der Waals surface area contributed by atoms with Crippen molar-refractivity contribution in [1.82, 2.24) is 0 Å². The predicted molar refractivity (Wildman–Crippen MR) is 91.1 cm³/mol. The zero-order chi connectivity index (χ0) is 15.4. The van der Waals surface area contributed by atoms with E-state index in [2.05, 4.69) is 5.32 Å². The van der Waals surface area contributed by atoms with E-state index in [9.17, 15) is 0 Å². The largest absolute Gasteiger partial charge is 0.491 e. The van der Waals surface area contributed by atoms with E-state index in [1.165, 1.54) is 0 Å². The molecule has 0 atom stereocenters. The average molecular weight is 345 g/mol. The molecule has 0 aliphatic rings. The Labute approximate surface area is 140 Å². The van der Waals surface area contributed by atoms with Crippen molar-refractivity contribution in [2.75, 3.05) is 11.9 Å². The zero-order valence-electron chi connectivity index (χ0n) is 11.8. The van der Waals surface area contributed by atoms with Crippen LogP contribution in [0.5, 0.6) is 5.75 Å². The molecule has 0 amide bonds. The van der Waals surface area contributed by atoms with Gasteiger partial charge >= 0.3 is 0 Å². The highest BCUT2D eigenvalue weighted by Gasteiger charge is 2.09. The fraction of sp³-hybridized carbons (Fsp3) is 0.250. The normalized spacial score (nSPS) is 10.5. The van der Waals surface area contributed by atoms with Gasteiger partial charge < -0.3 is 10.1 Å². The molecule has 2 nitrogen and oxygen atoms in total. The first kappa shape index (κ1) is 16.3. The summed E-state index contributed by atoms with van der Waals surface area (Å²) in [7, 11) is 0. The van der Waals surface area contributed by atoms with E-state index in [0.717, 1.165) is 16.8 Å². The monoisotopic (exact) mass is 343 g/mol. The maximum atomic E-state index is 6.19. The fourth-order valence-corrected chi connectivity index (χ4v) is 2.79. The van der Waals surface area contributed by atoms with Gasteiger partial charge in [0.25, 0.3) is 0 Å². The molecule has 0 bridgehead atoms. The summed E-state index contributed by atoms with van der Waals surface area (Å²) in [5.74, 6) is 0.531. The highest BCUT2D eigenvalue weighted by atomic mass is 35.5. The Kier molecular flexibility index (Phi) is 5.63. The SMILES string of the molecule is CCOc1c(Cl)cc(CNc2cc(Cl)ccc2C)cc1Cl. The number of nitrogens with one attached hydrogen (secondary N) is 1. The molecule has 1 N–H and O–H groups in total. The van der Waals surface area contributed by atoms with Crippen LogP contribution in [-0.4, -0.2) is 6.61 Å². The first-order chi connectivity index (χ1) is 10.0. The number of anilines is 1. The molecule has 0 aliphatic heterocycles. The van der Waals surface area contributed by atoms with Crippen molar-refractivity contribution in [3.63, 3.8) is 0 Å². The first-order valence-corrected chi connectivity index (χ1v) is 7.75. The molecular formula is C16H16Cl3NO. The number of halogens is 3. The molecule has 2 rings (SSSR count). The van der Waals surface area contributed by atoms with E-state index < -0.39 is 0 Å². The quantitative estimate of drug-likeness (QED) is 0.722. The van der Waals surface area contributed by atoms with E-state index in [0.29, 0.717) is 34.0 Å². The summed E-state index contributed by atoms with van der Waals surface area (Å²) in [4.78, 5) is 0. The number of ether oxygens (including phenoxy) is 1. The molecule has 112 valence electrons. The molecule has 0 radical (unpaired) electrons. The minimum atomic E-state index is 0.518. The lowest BCUT2D eigenvalue weighted by atomic mass is 10.1. The van der Waals surface area contributed by atoms with E-state index in [4.69, 9.17) is 39.5 Å². The van der Waals surface area contributed by atoms with Crippen LogP contribution in [0.3, 0.4) is 0 Å². The van der Waals surface area contributed by atoms with Gasteiger partial charge in [0, 0.05) is 17.3 Å². The second kappa shape index (κ2) is 7.26. The number of benzene rings is 2. The molecule has 2 aromatic carbocycles. The van der Waals surface area contributed by atoms with Crippen molar-refractivity contribution >= 4 is 40.5 Å². The average Bonchev–Trinajstić information content (AvgIpc) is 2.44. The highest BCUT2D eigenvalue weighted by molar-refractivity contribution is 6.37. The molecule has 0 saturated carbocycles. The Balaban J connectivity index is 2.15. The van der Waals surface area contributed by atoms with Gasteiger partial charge in [-0.15, -0.1) is 0 Å². The third-order valence-corrected chi connectivity index (χ3v) is 3.83. The smallest absolute Gasteiger partial charge is 0.156 e. The molecule has 0 unspecified atom stereocenters. The van der Waals surface area contributed by atoms with Gasteiger partial charge in [0.2, 0.25) is 0 Å². The topological polar surface area (TPSA) is 21.3 Å². The van der Waals surface area contributed by atoms with E-state index in [1.54, 1.807) is 0 Å². The lowest BCUT2D eigenvalue weighted by molar-refractivity contribution is 0.340. The molecule has 0 heterocycles. The summed E-state index contributed by atoms with van der Waals surface area (Å²) >= 11 is 18.4. The summed E-state index contributed by atoms with van der Waals surface area (Å²) in [6.07, 6.45) is 0. The number of aryl methyl sites for hydroxylation is 1. The van der Waals surface area contributed by atoms with Crippen LogP contribution in [0.25, 0.3) is 0 Å². The van der Waals surface area contributed by atoms with Gasteiger partial charge in [-0.1, -0.05) is 40.9 Å². The second-order valence-electron chi connectivity index (χ2n) is 4.63. The number of hydrogen-bond acceptors (Lipinski definition) is 2. The van der Waals surface area contributed by atoms with Crippen LogP contribution in [0, 0.1) is 6.92 Å². The summed E-state index contributed by atoms with van der Waals surface area (Å²) in [6, 6.07) is 9.45. The third-order valence-electron chi connectivity index (χ3n) is 3.03. The summed E-state index contributed by atoms with van der Waals surface area (Å²) in [5, 5.41) is 5.07. The van der Waals surface area contributed by atoms with E-state index >= 15 is 0 Å².